The number of pyridine rings is 1. The van der Waals surface area contributed by atoms with Gasteiger partial charge in [-0.15, -0.1) is 0 Å². The van der Waals surface area contributed by atoms with E-state index in [-0.39, 0.29) is 6.61 Å². The summed E-state index contributed by atoms with van der Waals surface area (Å²) in [5, 5.41) is 1.00. The van der Waals surface area contributed by atoms with Gasteiger partial charge in [0.05, 0.1) is 24.2 Å². The molecule has 194 valence electrons. The van der Waals surface area contributed by atoms with Gasteiger partial charge in [0.2, 0.25) is 0 Å². The Morgan fingerprint density at radius 1 is 1.19 bits per heavy atom. The van der Waals surface area contributed by atoms with E-state index in [1.165, 1.54) is 6.92 Å². The second-order valence-corrected chi connectivity index (χ2v) is 9.88. The fourth-order valence-electron chi connectivity index (χ4n) is 4.17. The van der Waals surface area contributed by atoms with Crippen molar-refractivity contribution >= 4 is 16.9 Å². The van der Waals surface area contributed by atoms with Crippen LogP contribution in [0.15, 0.2) is 61.4 Å². The first-order valence-corrected chi connectivity index (χ1v) is 12.0. The molecule has 36 heavy (non-hydrogen) atoms. The Morgan fingerprint density at radius 3 is 2.61 bits per heavy atom. The highest BCUT2D eigenvalue weighted by Gasteiger charge is 2.41. The third-order valence-electron chi connectivity index (χ3n) is 5.94. The predicted octanol–water partition coefficient (Wildman–Crippen LogP) is 7.21. The van der Waals surface area contributed by atoms with Crippen LogP contribution in [0.4, 0.5) is 13.2 Å². The number of ether oxygens (including phenoxy) is 2. The summed E-state index contributed by atoms with van der Waals surface area (Å²) in [6.07, 6.45) is 0.939. The number of carbonyl (C=O) groups excluding carboxylic acids is 1. The zero-order valence-electron chi connectivity index (χ0n) is 21.0. The number of alkyl halides is 3. The van der Waals surface area contributed by atoms with Crippen LogP contribution in [0.5, 0.6) is 5.75 Å². The van der Waals surface area contributed by atoms with Crippen molar-refractivity contribution in [1.29, 1.82) is 0 Å². The third-order valence-corrected chi connectivity index (χ3v) is 5.94. The number of rotatable bonds is 12. The van der Waals surface area contributed by atoms with Crippen LogP contribution in [0.2, 0.25) is 0 Å². The lowest BCUT2D eigenvalue weighted by Crippen LogP contribution is -2.36. The van der Waals surface area contributed by atoms with Crippen LogP contribution in [0.3, 0.4) is 0 Å². The van der Waals surface area contributed by atoms with Crippen molar-refractivity contribution in [3.8, 4) is 17.0 Å². The molecule has 0 aliphatic carbocycles. The van der Waals surface area contributed by atoms with Crippen LogP contribution in [-0.4, -0.2) is 34.9 Å². The highest BCUT2D eigenvalue weighted by atomic mass is 19.4. The van der Waals surface area contributed by atoms with Crippen LogP contribution in [-0.2, 0) is 16.1 Å². The first-order valence-electron chi connectivity index (χ1n) is 12.0. The van der Waals surface area contributed by atoms with Crippen molar-refractivity contribution in [2.24, 2.45) is 11.3 Å². The Bertz CT molecular complexity index is 1170. The van der Waals surface area contributed by atoms with Crippen molar-refractivity contribution in [3.05, 3.63) is 61.4 Å². The van der Waals surface area contributed by atoms with Gasteiger partial charge in [-0.05, 0) is 49.1 Å². The Morgan fingerprint density at radius 2 is 1.97 bits per heavy atom. The van der Waals surface area contributed by atoms with Crippen molar-refractivity contribution in [2.45, 2.75) is 52.8 Å². The summed E-state index contributed by atoms with van der Waals surface area (Å²) in [5.41, 5.74) is 1.50. The molecule has 3 aromatic rings. The topological polar surface area (TPSA) is 53.4 Å². The summed E-state index contributed by atoms with van der Waals surface area (Å²) in [4.78, 5) is 15.7. The molecule has 2 aromatic heterocycles. The van der Waals surface area contributed by atoms with E-state index in [1.807, 2.05) is 30.5 Å². The summed E-state index contributed by atoms with van der Waals surface area (Å²) in [6.45, 7) is 9.14. The monoisotopic (exact) mass is 502 g/mol. The van der Waals surface area contributed by atoms with Gasteiger partial charge >= 0.3 is 12.1 Å². The molecule has 0 bridgehead atoms. The quantitative estimate of drug-likeness (QED) is 0.194. The second kappa shape index (κ2) is 11.6. The van der Waals surface area contributed by atoms with E-state index < -0.39 is 30.6 Å². The fourth-order valence-corrected chi connectivity index (χ4v) is 4.17. The smallest absolute Gasteiger partial charge is 0.389 e. The fraction of sp³-hybridized carbons (Fsp3) is 0.429. The Labute approximate surface area is 209 Å². The van der Waals surface area contributed by atoms with E-state index in [0.29, 0.717) is 11.7 Å². The second-order valence-electron chi connectivity index (χ2n) is 9.88. The van der Waals surface area contributed by atoms with Gasteiger partial charge in [-0.3, -0.25) is 4.98 Å². The van der Waals surface area contributed by atoms with E-state index in [0.717, 1.165) is 47.6 Å². The van der Waals surface area contributed by atoms with Gasteiger partial charge in [-0.1, -0.05) is 27.4 Å². The van der Waals surface area contributed by atoms with Crippen molar-refractivity contribution in [3.63, 3.8) is 0 Å². The maximum atomic E-state index is 13.3. The SMILES string of the molecule is C=CC(=O)OCC(C)(COc1ccc2cc(-c3cccnc3)n(CCCC(C)C)c2c1)CC(F)(F)F. The highest BCUT2D eigenvalue weighted by molar-refractivity contribution is 5.88. The molecule has 3 rings (SSSR count). The molecule has 0 fully saturated rings. The number of fused-ring (bicyclic) bond motifs is 1. The number of benzene rings is 1. The molecule has 8 heteroatoms. The lowest BCUT2D eigenvalue weighted by atomic mass is 9.88. The van der Waals surface area contributed by atoms with Gasteiger partial charge in [-0.2, -0.15) is 13.2 Å². The van der Waals surface area contributed by atoms with E-state index >= 15 is 0 Å². The molecule has 0 saturated carbocycles. The van der Waals surface area contributed by atoms with Gasteiger partial charge in [0.15, 0.2) is 0 Å². The summed E-state index contributed by atoms with van der Waals surface area (Å²) in [7, 11) is 0. The first kappa shape index (κ1) is 27.3. The molecule has 1 aromatic carbocycles. The number of hydrogen-bond acceptors (Lipinski definition) is 4. The zero-order chi connectivity index (χ0) is 26.3. The maximum absolute atomic E-state index is 13.3. The van der Waals surface area contributed by atoms with Crippen LogP contribution in [0.25, 0.3) is 22.2 Å². The van der Waals surface area contributed by atoms with Gasteiger partial charge < -0.3 is 14.0 Å². The van der Waals surface area contributed by atoms with Gasteiger partial charge in [-0.25, -0.2) is 4.79 Å². The van der Waals surface area contributed by atoms with Crippen LogP contribution in [0.1, 0.15) is 40.0 Å². The molecule has 0 N–H and O–H groups in total. The normalized spacial score (nSPS) is 13.5. The molecular weight excluding hydrogens is 469 g/mol. The largest absolute Gasteiger partial charge is 0.493 e. The summed E-state index contributed by atoms with van der Waals surface area (Å²) < 4.78 is 52.8. The van der Waals surface area contributed by atoms with E-state index in [4.69, 9.17) is 9.47 Å². The average molecular weight is 503 g/mol. The number of carbonyl (C=O) groups is 1. The van der Waals surface area contributed by atoms with Crippen LogP contribution in [0, 0.1) is 11.3 Å². The molecule has 0 aliphatic heterocycles. The van der Waals surface area contributed by atoms with Gasteiger partial charge in [0, 0.05) is 47.4 Å². The summed E-state index contributed by atoms with van der Waals surface area (Å²) >= 11 is 0. The molecule has 5 nitrogen and oxygen atoms in total. The number of aromatic nitrogens is 2. The third kappa shape index (κ3) is 7.60. The Kier molecular flexibility index (Phi) is 8.82. The maximum Gasteiger partial charge on any atom is 0.389 e. The van der Waals surface area contributed by atoms with Gasteiger partial charge in [0.1, 0.15) is 12.4 Å². The average Bonchev–Trinajstić information content (AvgIpc) is 3.18. The molecule has 2 heterocycles. The Hall–Kier alpha value is -3.29. The van der Waals surface area contributed by atoms with Crippen molar-refractivity contribution in [2.75, 3.05) is 13.2 Å². The summed E-state index contributed by atoms with van der Waals surface area (Å²) in [5.74, 6) is 0.257. The minimum absolute atomic E-state index is 0.272. The zero-order valence-corrected chi connectivity index (χ0v) is 21.0. The molecule has 0 aliphatic rings. The number of nitrogens with zero attached hydrogens (tertiary/aromatic N) is 2. The molecule has 1 atom stereocenters. The molecular formula is C28H33F3N2O3. The molecule has 0 amide bonds. The number of aryl methyl sites for hydroxylation is 1. The molecule has 0 saturated heterocycles. The van der Waals surface area contributed by atoms with Crippen LogP contribution < -0.4 is 4.74 Å². The standard InChI is InChI=1S/C28H33F3N2O3/c1-5-26(34)36-19-27(4,17-28(29,30)31)18-35-23-11-10-21-14-24(22-9-6-12-32-16-22)33(25(21)15-23)13-7-8-20(2)3/h5-6,9-12,14-16,20H,1,7-8,13,17-19H2,2-4H3. The minimum atomic E-state index is -4.44. The van der Waals surface area contributed by atoms with E-state index in [1.54, 1.807) is 12.3 Å². The lowest BCUT2D eigenvalue weighted by Gasteiger charge is -2.29. The molecule has 0 radical (unpaired) electrons. The number of esters is 1. The molecule has 1 unspecified atom stereocenters. The van der Waals surface area contributed by atoms with Crippen LogP contribution >= 0.6 is 0 Å². The number of hydrogen-bond donors (Lipinski definition) is 0. The van der Waals surface area contributed by atoms with Crippen molar-refractivity contribution in [1.82, 2.24) is 9.55 Å². The van der Waals surface area contributed by atoms with E-state index in [2.05, 4.69) is 36.0 Å². The highest BCUT2D eigenvalue weighted by Crippen LogP contribution is 2.36. The lowest BCUT2D eigenvalue weighted by molar-refractivity contribution is -0.172. The summed E-state index contributed by atoms with van der Waals surface area (Å²) in [6, 6.07) is 11.5. The molecule has 0 spiro atoms. The first-order chi connectivity index (χ1) is 17.0. The number of halogens is 3. The Balaban J connectivity index is 1.89. The predicted molar refractivity (Wildman–Crippen MR) is 135 cm³/mol. The minimum Gasteiger partial charge on any atom is -0.493 e. The van der Waals surface area contributed by atoms with Gasteiger partial charge in [0.25, 0.3) is 0 Å². The van der Waals surface area contributed by atoms with Crippen molar-refractivity contribution < 1.29 is 27.4 Å². The van der Waals surface area contributed by atoms with E-state index in [9.17, 15) is 18.0 Å².